The summed E-state index contributed by atoms with van der Waals surface area (Å²) < 4.78 is 5.27. The number of carbonyl (C=O) groups excluding carboxylic acids is 2. The molecule has 0 spiro atoms. The highest BCUT2D eigenvalue weighted by atomic mass is 35.5. The van der Waals surface area contributed by atoms with Crippen molar-refractivity contribution in [1.82, 2.24) is 4.90 Å². The minimum absolute atomic E-state index is 0.138. The summed E-state index contributed by atoms with van der Waals surface area (Å²) in [4.78, 5) is 27.8. The molecule has 1 aromatic rings. The van der Waals surface area contributed by atoms with Crippen molar-refractivity contribution in [2.75, 3.05) is 31.2 Å². The standard InChI is InChI=1S/C15H15ClN2O3/c16-12-1-3-13(4-2-12)18-14(19)9-11(15(18)20)10-17-5-7-21-8-6-17/h1-4,10H,5-9H2/b11-10+. The number of nitrogens with zero attached hydrogens (tertiary/aromatic N) is 2. The summed E-state index contributed by atoms with van der Waals surface area (Å²) >= 11 is 5.83. The zero-order valence-electron chi connectivity index (χ0n) is 11.4. The highest BCUT2D eigenvalue weighted by molar-refractivity contribution is 6.31. The van der Waals surface area contributed by atoms with Gasteiger partial charge in [0.15, 0.2) is 0 Å². The molecule has 0 N–H and O–H groups in total. The number of hydrogen-bond donors (Lipinski definition) is 0. The lowest BCUT2D eigenvalue weighted by Crippen LogP contribution is -2.33. The predicted octanol–water partition coefficient (Wildman–Crippen LogP) is 1.82. The SMILES string of the molecule is O=C1C/C(=C\N2CCOCC2)C(=O)N1c1ccc(Cl)cc1. The third-order valence-corrected chi connectivity index (χ3v) is 3.79. The van der Waals surface area contributed by atoms with Gasteiger partial charge >= 0.3 is 0 Å². The molecule has 21 heavy (non-hydrogen) atoms. The fourth-order valence-electron chi connectivity index (χ4n) is 2.45. The van der Waals surface area contributed by atoms with Crippen molar-refractivity contribution in [3.63, 3.8) is 0 Å². The number of anilines is 1. The van der Waals surface area contributed by atoms with Crippen LogP contribution in [0.25, 0.3) is 0 Å². The minimum Gasteiger partial charge on any atom is -0.378 e. The first kappa shape index (κ1) is 14.1. The number of rotatable bonds is 2. The van der Waals surface area contributed by atoms with Gasteiger partial charge in [0.05, 0.1) is 25.3 Å². The first-order chi connectivity index (χ1) is 10.1. The Kier molecular flexibility index (Phi) is 3.94. The van der Waals surface area contributed by atoms with Gasteiger partial charge in [0.25, 0.3) is 5.91 Å². The lowest BCUT2D eigenvalue weighted by Gasteiger charge is -2.25. The molecule has 0 saturated carbocycles. The van der Waals surface area contributed by atoms with Crippen molar-refractivity contribution >= 4 is 29.1 Å². The molecule has 0 bridgehead atoms. The Labute approximate surface area is 127 Å². The molecule has 5 nitrogen and oxygen atoms in total. The summed E-state index contributed by atoms with van der Waals surface area (Å²) in [6.45, 7) is 2.78. The molecule has 3 rings (SSSR count). The van der Waals surface area contributed by atoms with Gasteiger partial charge in [-0.15, -0.1) is 0 Å². The van der Waals surface area contributed by atoms with Gasteiger partial charge in [-0.3, -0.25) is 9.59 Å². The fraction of sp³-hybridized carbons (Fsp3) is 0.333. The van der Waals surface area contributed by atoms with Gasteiger partial charge in [0.1, 0.15) is 0 Å². The lowest BCUT2D eigenvalue weighted by atomic mass is 10.2. The number of amides is 2. The molecule has 2 aliphatic rings. The number of morpholine rings is 1. The third kappa shape index (κ3) is 2.94. The molecule has 2 saturated heterocycles. The Morgan fingerprint density at radius 2 is 1.76 bits per heavy atom. The molecule has 1 aromatic carbocycles. The van der Waals surface area contributed by atoms with Crippen molar-refractivity contribution in [3.8, 4) is 0 Å². The second kappa shape index (κ2) is 5.87. The van der Waals surface area contributed by atoms with Crippen molar-refractivity contribution in [1.29, 1.82) is 0 Å². The summed E-state index contributed by atoms with van der Waals surface area (Å²) in [5.41, 5.74) is 1.08. The quantitative estimate of drug-likeness (QED) is 0.618. The Balaban J connectivity index is 1.81. The minimum atomic E-state index is -0.256. The van der Waals surface area contributed by atoms with E-state index in [0.29, 0.717) is 29.5 Å². The van der Waals surface area contributed by atoms with Crippen LogP contribution in [0, 0.1) is 0 Å². The van der Waals surface area contributed by atoms with Crippen LogP contribution in [0.2, 0.25) is 5.02 Å². The maximum absolute atomic E-state index is 12.4. The van der Waals surface area contributed by atoms with Crippen LogP contribution in [0.1, 0.15) is 6.42 Å². The van der Waals surface area contributed by atoms with E-state index in [9.17, 15) is 9.59 Å². The largest absolute Gasteiger partial charge is 0.378 e. The van der Waals surface area contributed by atoms with Gasteiger partial charge in [0, 0.05) is 29.9 Å². The van der Waals surface area contributed by atoms with Gasteiger partial charge in [-0.25, -0.2) is 4.90 Å². The van der Waals surface area contributed by atoms with Crippen molar-refractivity contribution in [3.05, 3.63) is 41.1 Å². The second-order valence-electron chi connectivity index (χ2n) is 4.99. The second-order valence-corrected chi connectivity index (χ2v) is 5.43. The predicted molar refractivity (Wildman–Crippen MR) is 79.0 cm³/mol. The van der Waals surface area contributed by atoms with Crippen LogP contribution in [0.5, 0.6) is 0 Å². The van der Waals surface area contributed by atoms with Crippen molar-refractivity contribution in [2.24, 2.45) is 0 Å². The fourth-order valence-corrected chi connectivity index (χ4v) is 2.58. The van der Waals surface area contributed by atoms with E-state index in [-0.39, 0.29) is 18.2 Å². The first-order valence-corrected chi connectivity index (χ1v) is 7.18. The summed E-state index contributed by atoms with van der Waals surface area (Å²) in [5.74, 6) is -0.462. The molecular weight excluding hydrogens is 292 g/mol. The van der Waals surface area contributed by atoms with Crippen molar-refractivity contribution in [2.45, 2.75) is 6.42 Å². The highest BCUT2D eigenvalue weighted by Gasteiger charge is 2.35. The molecule has 110 valence electrons. The molecule has 0 aromatic heterocycles. The van der Waals surface area contributed by atoms with Crippen LogP contribution in [0.15, 0.2) is 36.0 Å². The normalized spacial score (nSPS) is 21.5. The van der Waals surface area contributed by atoms with E-state index in [0.717, 1.165) is 13.1 Å². The Morgan fingerprint density at radius 3 is 2.43 bits per heavy atom. The smallest absolute Gasteiger partial charge is 0.262 e. The molecule has 6 heteroatoms. The number of benzene rings is 1. The zero-order valence-corrected chi connectivity index (χ0v) is 12.2. The molecule has 2 heterocycles. The van der Waals surface area contributed by atoms with E-state index in [1.807, 2.05) is 4.90 Å². The van der Waals surface area contributed by atoms with E-state index in [4.69, 9.17) is 16.3 Å². The zero-order chi connectivity index (χ0) is 14.8. The summed E-state index contributed by atoms with van der Waals surface area (Å²) in [5, 5.41) is 0.571. The summed E-state index contributed by atoms with van der Waals surface area (Å²) in [7, 11) is 0. The van der Waals surface area contributed by atoms with Crippen LogP contribution in [-0.2, 0) is 14.3 Å². The van der Waals surface area contributed by atoms with Crippen LogP contribution >= 0.6 is 11.6 Å². The lowest BCUT2D eigenvalue weighted by molar-refractivity contribution is -0.120. The molecule has 0 aliphatic carbocycles. The Hall–Kier alpha value is -1.85. The average molecular weight is 307 g/mol. The van der Waals surface area contributed by atoms with Gasteiger partial charge < -0.3 is 9.64 Å². The maximum atomic E-state index is 12.4. The first-order valence-electron chi connectivity index (χ1n) is 6.80. The van der Waals surface area contributed by atoms with Crippen LogP contribution in [-0.4, -0.2) is 43.0 Å². The van der Waals surface area contributed by atoms with Gasteiger partial charge in [-0.05, 0) is 24.3 Å². The van der Waals surface area contributed by atoms with E-state index in [2.05, 4.69) is 0 Å². The molecule has 0 radical (unpaired) electrons. The number of hydrogen-bond acceptors (Lipinski definition) is 4. The molecule has 2 aliphatic heterocycles. The molecule has 0 atom stereocenters. The molecule has 2 amide bonds. The Morgan fingerprint density at radius 1 is 1.10 bits per heavy atom. The monoisotopic (exact) mass is 306 g/mol. The van der Waals surface area contributed by atoms with Crippen LogP contribution in [0.4, 0.5) is 5.69 Å². The maximum Gasteiger partial charge on any atom is 0.262 e. The highest BCUT2D eigenvalue weighted by Crippen LogP contribution is 2.27. The number of carbonyl (C=O) groups is 2. The molecule has 0 unspecified atom stereocenters. The third-order valence-electron chi connectivity index (χ3n) is 3.54. The van der Waals surface area contributed by atoms with Gasteiger partial charge in [0.2, 0.25) is 5.91 Å². The van der Waals surface area contributed by atoms with Gasteiger partial charge in [-0.1, -0.05) is 11.6 Å². The topological polar surface area (TPSA) is 49.9 Å². The van der Waals surface area contributed by atoms with Crippen LogP contribution < -0.4 is 4.90 Å². The summed E-state index contributed by atoms with van der Waals surface area (Å²) in [6, 6.07) is 6.69. The number of halogens is 1. The average Bonchev–Trinajstić information content (AvgIpc) is 2.76. The van der Waals surface area contributed by atoms with E-state index in [1.54, 1.807) is 30.5 Å². The van der Waals surface area contributed by atoms with E-state index < -0.39 is 0 Å². The number of ether oxygens (including phenoxy) is 1. The van der Waals surface area contributed by atoms with E-state index >= 15 is 0 Å². The summed E-state index contributed by atoms with van der Waals surface area (Å²) in [6.07, 6.45) is 1.93. The molecule has 2 fully saturated rings. The Bertz CT molecular complexity index is 591. The van der Waals surface area contributed by atoms with Gasteiger partial charge in [-0.2, -0.15) is 0 Å². The van der Waals surface area contributed by atoms with Crippen molar-refractivity contribution < 1.29 is 14.3 Å². The molecular formula is C15H15ClN2O3. The van der Waals surface area contributed by atoms with E-state index in [1.165, 1.54) is 4.90 Å². The number of imide groups is 1. The van der Waals surface area contributed by atoms with Crippen LogP contribution in [0.3, 0.4) is 0 Å².